The Morgan fingerprint density at radius 1 is 1.29 bits per heavy atom. The van der Waals surface area contributed by atoms with Crippen molar-refractivity contribution in [3.63, 3.8) is 0 Å². The van der Waals surface area contributed by atoms with Gasteiger partial charge in [0, 0.05) is 12.1 Å². The summed E-state index contributed by atoms with van der Waals surface area (Å²) in [6.45, 7) is 9.02. The number of benzene rings is 1. The molecular formula is C17H25NO2S. The maximum absolute atomic E-state index is 12.2. The van der Waals surface area contributed by atoms with Gasteiger partial charge in [0.25, 0.3) is 0 Å². The van der Waals surface area contributed by atoms with Crippen LogP contribution in [0.3, 0.4) is 0 Å². The van der Waals surface area contributed by atoms with Crippen LogP contribution >= 0.6 is 11.8 Å². The smallest absolute Gasteiger partial charge is 0.234 e. The van der Waals surface area contributed by atoms with E-state index in [0.29, 0.717) is 11.5 Å². The quantitative estimate of drug-likeness (QED) is 0.837. The molecule has 0 bridgehead atoms. The van der Waals surface area contributed by atoms with Crippen LogP contribution < -0.4 is 0 Å². The van der Waals surface area contributed by atoms with E-state index >= 15 is 0 Å². The second-order valence-corrected chi connectivity index (χ2v) is 7.35. The molecule has 1 aromatic carbocycles. The number of aryl methyl sites for hydroxylation is 2. The Hall–Kier alpha value is -1.16. The Labute approximate surface area is 131 Å². The lowest BCUT2D eigenvalue weighted by Gasteiger charge is -2.35. The molecule has 1 aromatic rings. The molecule has 0 radical (unpaired) electrons. The summed E-state index contributed by atoms with van der Waals surface area (Å²) in [7, 11) is 0. The number of aromatic hydroxyl groups is 1. The Morgan fingerprint density at radius 3 is 2.62 bits per heavy atom. The van der Waals surface area contributed by atoms with Gasteiger partial charge in [0.05, 0.1) is 5.75 Å². The van der Waals surface area contributed by atoms with Crippen LogP contribution in [-0.4, -0.2) is 28.2 Å². The molecule has 1 saturated heterocycles. The summed E-state index contributed by atoms with van der Waals surface area (Å²) in [6.07, 6.45) is 3.29. The summed E-state index contributed by atoms with van der Waals surface area (Å²) < 4.78 is 0. The number of carbonyl (C=O) groups excluding carboxylic acids is 1. The zero-order valence-corrected chi connectivity index (χ0v) is 14.2. The van der Waals surface area contributed by atoms with E-state index < -0.39 is 4.87 Å². The molecule has 1 fully saturated rings. The van der Waals surface area contributed by atoms with E-state index in [1.165, 1.54) is 0 Å². The fourth-order valence-corrected chi connectivity index (χ4v) is 4.08. The minimum absolute atomic E-state index is 0.177. The van der Waals surface area contributed by atoms with Gasteiger partial charge in [0.1, 0.15) is 10.6 Å². The number of nitrogens with zero attached hydrogens (tertiary/aromatic N) is 1. The van der Waals surface area contributed by atoms with Crippen molar-refractivity contribution in [3.8, 4) is 5.75 Å². The second-order valence-electron chi connectivity index (χ2n) is 5.98. The maximum atomic E-state index is 12.2. The van der Waals surface area contributed by atoms with E-state index in [1.54, 1.807) is 11.8 Å². The number of unbranched alkanes of at least 4 members (excludes halogenated alkanes) is 2. The highest BCUT2D eigenvalue weighted by Gasteiger charge is 2.44. The van der Waals surface area contributed by atoms with E-state index in [0.717, 1.165) is 42.5 Å². The van der Waals surface area contributed by atoms with Gasteiger partial charge >= 0.3 is 0 Å². The normalized spacial score (nSPS) is 22.1. The predicted molar refractivity (Wildman–Crippen MR) is 88.6 cm³/mol. The first-order chi connectivity index (χ1) is 9.90. The number of phenols is 1. The first-order valence-electron chi connectivity index (χ1n) is 7.65. The molecule has 1 heterocycles. The van der Waals surface area contributed by atoms with Crippen LogP contribution in [0.4, 0.5) is 0 Å². The number of hydrogen-bond acceptors (Lipinski definition) is 3. The average molecular weight is 307 g/mol. The average Bonchev–Trinajstić information content (AvgIpc) is 2.72. The van der Waals surface area contributed by atoms with Crippen molar-refractivity contribution in [1.29, 1.82) is 0 Å². The lowest BCUT2D eigenvalue weighted by Crippen LogP contribution is -2.40. The fourth-order valence-electron chi connectivity index (χ4n) is 2.85. The molecule has 1 amide bonds. The highest BCUT2D eigenvalue weighted by molar-refractivity contribution is 8.01. The first-order valence-corrected chi connectivity index (χ1v) is 8.63. The molecule has 1 aliphatic rings. The van der Waals surface area contributed by atoms with Gasteiger partial charge in [-0.15, -0.1) is 11.8 Å². The zero-order chi connectivity index (χ0) is 15.6. The molecule has 4 heteroatoms. The monoisotopic (exact) mass is 307 g/mol. The number of amides is 1. The maximum Gasteiger partial charge on any atom is 0.234 e. The first kappa shape index (κ1) is 16.2. The molecule has 21 heavy (non-hydrogen) atoms. The van der Waals surface area contributed by atoms with Gasteiger partial charge in [-0.1, -0.05) is 19.8 Å². The molecule has 3 nitrogen and oxygen atoms in total. The van der Waals surface area contributed by atoms with Crippen LogP contribution in [0, 0.1) is 13.8 Å². The molecule has 1 unspecified atom stereocenters. The number of phenolic OH excluding ortho intramolecular Hbond substituents is 1. The summed E-state index contributed by atoms with van der Waals surface area (Å²) >= 11 is 1.62. The van der Waals surface area contributed by atoms with Crippen LogP contribution in [0.25, 0.3) is 0 Å². The Kier molecular flexibility index (Phi) is 4.87. The van der Waals surface area contributed by atoms with E-state index in [2.05, 4.69) is 13.8 Å². The van der Waals surface area contributed by atoms with Gasteiger partial charge in [0.15, 0.2) is 0 Å². The molecule has 2 rings (SSSR count). The highest BCUT2D eigenvalue weighted by Crippen LogP contribution is 2.48. The Bertz CT molecular complexity index is 544. The molecule has 0 saturated carbocycles. The lowest BCUT2D eigenvalue weighted by atomic mass is 9.98. The van der Waals surface area contributed by atoms with Gasteiger partial charge in [-0.3, -0.25) is 4.79 Å². The van der Waals surface area contributed by atoms with Crippen molar-refractivity contribution in [1.82, 2.24) is 4.90 Å². The molecule has 0 aliphatic carbocycles. The van der Waals surface area contributed by atoms with E-state index in [4.69, 9.17) is 0 Å². The number of hydrogen-bond donors (Lipinski definition) is 1. The van der Waals surface area contributed by atoms with Crippen LogP contribution in [0.15, 0.2) is 12.1 Å². The third-order valence-corrected chi connectivity index (χ3v) is 5.78. The largest absolute Gasteiger partial charge is 0.508 e. The third kappa shape index (κ3) is 3.05. The SMILES string of the molecule is CCCCCN1C(=O)CSC1(C)c1cc(C)c(C)cc1O. The van der Waals surface area contributed by atoms with Gasteiger partial charge < -0.3 is 10.0 Å². The van der Waals surface area contributed by atoms with Crippen LogP contribution in [-0.2, 0) is 9.67 Å². The minimum Gasteiger partial charge on any atom is -0.508 e. The van der Waals surface area contributed by atoms with Crippen molar-refractivity contribution in [2.75, 3.05) is 12.3 Å². The highest BCUT2D eigenvalue weighted by atomic mass is 32.2. The van der Waals surface area contributed by atoms with Gasteiger partial charge in [-0.25, -0.2) is 0 Å². The standard InChI is InChI=1S/C17H25NO2S/c1-5-6-7-8-18-16(20)11-21-17(18,4)14-9-12(2)13(3)10-15(14)19/h9-10,19H,5-8,11H2,1-4H3. The topological polar surface area (TPSA) is 40.5 Å². The van der Waals surface area contributed by atoms with Gasteiger partial charge in [-0.2, -0.15) is 0 Å². The fraction of sp³-hybridized carbons (Fsp3) is 0.588. The summed E-state index contributed by atoms with van der Waals surface area (Å²) in [5.74, 6) is 0.967. The summed E-state index contributed by atoms with van der Waals surface area (Å²) in [5.41, 5.74) is 3.09. The third-order valence-electron chi connectivity index (χ3n) is 4.39. The Morgan fingerprint density at radius 2 is 1.95 bits per heavy atom. The van der Waals surface area contributed by atoms with E-state index in [1.807, 2.05) is 30.9 Å². The van der Waals surface area contributed by atoms with Gasteiger partial charge in [0.2, 0.25) is 5.91 Å². The summed E-state index contributed by atoms with van der Waals surface area (Å²) in [4.78, 5) is 13.7. The van der Waals surface area contributed by atoms with E-state index in [9.17, 15) is 9.90 Å². The second kappa shape index (κ2) is 6.30. The van der Waals surface area contributed by atoms with Crippen LogP contribution in [0.1, 0.15) is 49.8 Å². The van der Waals surface area contributed by atoms with Crippen molar-refractivity contribution in [3.05, 3.63) is 28.8 Å². The minimum atomic E-state index is -0.451. The summed E-state index contributed by atoms with van der Waals surface area (Å²) in [5, 5.41) is 10.4. The van der Waals surface area contributed by atoms with Crippen LogP contribution in [0.5, 0.6) is 5.75 Å². The molecule has 1 atom stereocenters. The zero-order valence-electron chi connectivity index (χ0n) is 13.4. The molecule has 0 spiro atoms. The summed E-state index contributed by atoms with van der Waals surface area (Å²) in [6, 6.07) is 3.84. The Balaban J connectivity index is 2.34. The molecular weight excluding hydrogens is 282 g/mol. The number of rotatable bonds is 5. The molecule has 1 N–H and O–H groups in total. The molecule has 1 aliphatic heterocycles. The molecule has 116 valence electrons. The van der Waals surface area contributed by atoms with Crippen LogP contribution in [0.2, 0.25) is 0 Å². The van der Waals surface area contributed by atoms with Gasteiger partial charge in [-0.05, 0) is 50.5 Å². The predicted octanol–water partition coefficient (Wildman–Crippen LogP) is 3.95. The van der Waals surface area contributed by atoms with Crippen molar-refractivity contribution in [2.24, 2.45) is 0 Å². The van der Waals surface area contributed by atoms with E-state index in [-0.39, 0.29) is 5.91 Å². The molecule has 0 aromatic heterocycles. The van der Waals surface area contributed by atoms with Crippen molar-refractivity contribution < 1.29 is 9.90 Å². The number of carbonyl (C=O) groups is 1. The lowest BCUT2D eigenvalue weighted by molar-refractivity contribution is -0.130. The van der Waals surface area contributed by atoms with Crippen molar-refractivity contribution >= 4 is 17.7 Å². The number of thioether (sulfide) groups is 1. The van der Waals surface area contributed by atoms with Crippen molar-refractivity contribution in [2.45, 2.75) is 51.8 Å².